The number of fused-ring (bicyclic) bond motifs is 2. The van der Waals surface area contributed by atoms with Crippen molar-refractivity contribution in [1.82, 2.24) is 15.1 Å². The highest BCUT2D eigenvalue weighted by atomic mass is 16.2. The van der Waals surface area contributed by atoms with E-state index in [9.17, 15) is 14.4 Å². The molecule has 28 heavy (non-hydrogen) atoms. The van der Waals surface area contributed by atoms with E-state index in [4.69, 9.17) is 5.73 Å². The highest BCUT2D eigenvalue weighted by Crippen LogP contribution is 2.58. The van der Waals surface area contributed by atoms with E-state index < -0.39 is 6.04 Å². The van der Waals surface area contributed by atoms with Crippen molar-refractivity contribution in [2.24, 2.45) is 11.1 Å². The molecule has 7 heteroatoms. The molecule has 1 unspecified atom stereocenters. The summed E-state index contributed by atoms with van der Waals surface area (Å²) in [7, 11) is 0. The lowest BCUT2D eigenvalue weighted by atomic mass is 9.63. The number of amides is 3. The third-order valence-electron chi connectivity index (χ3n) is 7.10. The second kappa shape index (κ2) is 5.87. The number of carbonyl (C=O) groups excluding carboxylic acids is 3. The summed E-state index contributed by atoms with van der Waals surface area (Å²) in [4.78, 5) is 40.5. The van der Waals surface area contributed by atoms with Gasteiger partial charge in [-0.25, -0.2) is 0 Å². The first-order valence-corrected chi connectivity index (χ1v) is 10.0. The van der Waals surface area contributed by atoms with Gasteiger partial charge in [-0.15, -0.1) is 0 Å². The lowest BCUT2D eigenvalue weighted by Crippen LogP contribution is -2.53. The monoisotopic (exact) mass is 382 g/mol. The number of rotatable bonds is 4. The summed E-state index contributed by atoms with van der Waals surface area (Å²) in [5.41, 5.74) is 9.44. The van der Waals surface area contributed by atoms with Gasteiger partial charge in [0.25, 0.3) is 5.91 Å². The van der Waals surface area contributed by atoms with Gasteiger partial charge in [-0.1, -0.05) is 19.1 Å². The fourth-order valence-electron chi connectivity index (χ4n) is 5.94. The zero-order chi connectivity index (χ0) is 19.7. The number of nitrogens with two attached hydrogens (primary N) is 1. The maximum atomic E-state index is 12.8. The second-order valence-corrected chi connectivity index (χ2v) is 9.34. The van der Waals surface area contributed by atoms with E-state index >= 15 is 0 Å². The van der Waals surface area contributed by atoms with E-state index in [1.807, 2.05) is 12.1 Å². The number of nitrogens with one attached hydrogen (secondary N) is 1. The lowest BCUT2D eigenvalue weighted by Gasteiger charge is -2.46. The largest absolute Gasteiger partial charge is 0.329 e. The molecule has 3 N–H and O–H groups in total. The maximum Gasteiger partial charge on any atom is 0.255 e. The Morgan fingerprint density at radius 3 is 2.75 bits per heavy atom. The zero-order valence-corrected chi connectivity index (χ0v) is 16.2. The molecule has 7 nitrogen and oxygen atoms in total. The molecule has 148 valence electrons. The third-order valence-corrected chi connectivity index (χ3v) is 7.10. The Balaban J connectivity index is 1.34. The van der Waals surface area contributed by atoms with Crippen molar-refractivity contribution < 1.29 is 14.4 Å². The van der Waals surface area contributed by atoms with Crippen LogP contribution in [0, 0.1) is 5.41 Å². The molecular formula is C21H26N4O3. The SMILES string of the molecule is CC12CN(Cc3ccc4c(c3)CN(C3CCC(=O)NC3=O)C4=O)C(CN)(C1)C2. The van der Waals surface area contributed by atoms with E-state index in [1.165, 1.54) is 18.4 Å². The molecule has 0 spiro atoms. The molecule has 1 atom stereocenters. The Morgan fingerprint density at radius 2 is 2.04 bits per heavy atom. The van der Waals surface area contributed by atoms with Crippen LogP contribution in [-0.4, -0.2) is 52.2 Å². The molecule has 5 aliphatic rings. The van der Waals surface area contributed by atoms with Crippen LogP contribution in [0.3, 0.4) is 0 Å². The predicted octanol–water partition coefficient (Wildman–Crippen LogP) is 0.761. The molecule has 4 fully saturated rings. The number of hydrogen-bond acceptors (Lipinski definition) is 5. The summed E-state index contributed by atoms with van der Waals surface area (Å²) >= 11 is 0. The minimum atomic E-state index is -0.563. The molecule has 4 aliphatic heterocycles. The van der Waals surface area contributed by atoms with Crippen molar-refractivity contribution in [2.45, 2.75) is 57.3 Å². The van der Waals surface area contributed by atoms with Gasteiger partial charge in [0.15, 0.2) is 0 Å². The normalized spacial score (nSPS) is 34.4. The molecule has 1 aromatic carbocycles. The first-order chi connectivity index (χ1) is 13.3. The van der Waals surface area contributed by atoms with Crippen LogP contribution in [0.2, 0.25) is 0 Å². The van der Waals surface area contributed by atoms with Gasteiger partial charge in [0.2, 0.25) is 11.8 Å². The lowest BCUT2D eigenvalue weighted by molar-refractivity contribution is -0.136. The van der Waals surface area contributed by atoms with Gasteiger partial charge < -0.3 is 10.6 Å². The summed E-state index contributed by atoms with van der Waals surface area (Å²) in [6.07, 6.45) is 3.01. The van der Waals surface area contributed by atoms with Gasteiger partial charge in [0.05, 0.1) is 0 Å². The number of nitrogens with zero attached hydrogens (tertiary/aromatic N) is 2. The van der Waals surface area contributed by atoms with Gasteiger partial charge in [-0.05, 0) is 41.9 Å². The molecule has 3 saturated heterocycles. The van der Waals surface area contributed by atoms with E-state index in [0.717, 1.165) is 18.7 Å². The van der Waals surface area contributed by atoms with Crippen LogP contribution in [-0.2, 0) is 22.7 Å². The summed E-state index contributed by atoms with van der Waals surface area (Å²) < 4.78 is 0. The van der Waals surface area contributed by atoms with E-state index in [2.05, 4.69) is 23.2 Å². The summed E-state index contributed by atoms with van der Waals surface area (Å²) in [5.74, 6) is -0.753. The third kappa shape index (κ3) is 2.53. The molecule has 2 bridgehead atoms. The van der Waals surface area contributed by atoms with Crippen LogP contribution in [0.25, 0.3) is 0 Å². The standard InChI is InChI=1S/C21H26N4O3/c1-20-9-21(10-20,11-22)24(12-20)7-13-2-3-15-14(6-13)8-25(19(15)28)16-4-5-17(26)23-18(16)27/h2-3,6,16H,4-5,7-12,22H2,1H3,(H,23,26,27). The summed E-state index contributed by atoms with van der Waals surface area (Å²) in [6.45, 7) is 5.36. The highest BCUT2D eigenvalue weighted by molar-refractivity contribution is 6.05. The van der Waals surface area contributed by atoms with Crippen molar-refractivity contribution in [2.75, 3.05) is 13.1 Å². The van der Waals surface area contributed by atoms with Gasteiger partial charge >= 0.3 is 0 Å². The van der Waals surface area contributed by atoms with E-state index in [0.29, 0.717) is 30.5 Å². The quantitative estimate of drug-likeness (QED) is 0.750. The maximum absolute atomic E-state index is 12.8. The van der Waals surface area contributed by atoms with Gasteiger partial charge in [-0.2, -0.15) is 0 Å². The number of imide groups is 1. The van der Waals surface area contributed by atoms with Gasteiger partial charge in [0, 0.05) is 43.7 Å². The first-order valence-electron chi connectivity index (χ1n) is 10.0. The number of piperidine rings is 1. The molecule has 3 amide bonds. The minimum Gasteiger partial charge on any atom is -0.329 e. The van der Waals surface area contributed by atoms with Crippen LogP contribution in [0.5, 0.6) is 0 Å². The minimum absolute atomic E-state index is 0.120. The molecule has 0 radical (unpaired) electrons. The summed E-state index contributed by atoms with van der Waals surface area (Å²) in [6, 6.07) is 5.44. The topological polar surface area (TPSA) is 95.7 Å². The molecule has 1 aromatic rings. The zero-order valence-electron chi connectivity index (χ0n) is 16.2. The van der Waals surface area contributed by atoms with Crippen LogP contribution >= 0.6 is 0 Å². The smallest absolute Gasteiger partial charge is 0.255 e. The average molecular weight is 382 g/mol. The Kier molecular flexibility index (Phi) is 3.74. The Hall–Kier alpha value is -2.25. The van der Waals surface area contributed by atoms with Crippen molar-refractivity contribution in [3.05, 3.63) is 34.9 Å². The van der Waals surface area contributed by atoms with Crippen LogP contribution in [0.15, 0.2) is 18.2 Å². The van der Waals surface area contributed by atoms with Crippen molar-refractivity contribution in [3.8, 4) is 0 Å². The average Bonchev–Trinajstić information content (AvgIpc) is 3.19. The highest BCUT2D eigenvalue weighted by Gasteiger charge is 2.61. The van der Waals surface area contributed by atoms with Crippen LogP contribution in [0.4, 0.5) is 0 Å². The molecular weight excluding hydrogens is 356 g/mol. The van der Waals surface area contributed by atoms with Crippen LogP contribution in [0.1, 0.15) is 54.1 Å². The molecule has 0 aromatic heterocycles. The van der Waals surface area contributed by atoms with Crippen molar-refractivity contribution >= 4 is 17.7 Å². The molecule has 1 saturated carbocycles. The second-order valence-electron chi connectivity index (χ2n) is 9.34. The number of carbonyl (C=O) groups is 3. The fourth-order valence-corrected chi connectivity index (χ4v) is 5.94. The molecule has 1 aliphatic carbocycles. The van der Waals surface area contributed by atoms with Gasteiger partial charge in [-0.3, -0.25) is 24.6 Å². The molecule has 4 heterocycles. The first kappa shape index (κ1) is 17.8. The number of benzene rings is 1. The summed E-state index contributed by atoms with van der Waals surface area (Å²) in [5, 5.41) is 2.35. The predicted molar refractivity (Wildman–Crippen MR) is 102 cm³/mol. The van der Waals surface area contributed by atoms with E-state index in [-0.39, 0.29) is 29.7 Å². The van der Waals surface area contributed by atoms with Crippen molar-refractivity contribution in [3.63, 3.8) is 0 Å². The Morgan fingerprint density at radius 1 is 1.25 bits per heavy atom. The van der Waals surface area contributed by atoms with E-state index in [1.54, 1.807) is 4.90 Å². The fraction of sp³-hybridized carbons (Fsp3) is 0.571. The van der Waals surface area contributed by atoms with Crippen LogP contribution < -0.4 is 11.1 Å². The Labute approximate surface area is 164 Å². The van der Waals surface area contributed by atoms with Crippen molar-refractivity contribution in [1.29, 1.82) is 0 Å². The van der Waals surface area contributed by atoms with Gasteiger partial charge in [0.1, 0.15) is 6.04 Å². The number of hydrogen-bond donors (Lipinski definition) is 2. The Bertz CT molecular complexity index is 890. The molecule has 6 rings (SSSR count).